The standard InChI is InChI=1S/C30H35NO6/c1-18(2)21-12-10-19(3)14-27(21)37-29(32)17-36-30(33)23-16-25(31-24-9-7-6-8-22(23)24)20-11-13-26(34-4)28(15-20)35-5/h6-9,11,13,15-16,18-19,21,27H,10,12,14,17H2,1-5H3/t19-,21+,27+/m0/s1. The van der Waals surface area contributed by atoms with E-state index in [-0.39, 0.29) is 6.10 Å². The van der Waals surface area contributed by atoms with Crippen molar-refractivity contribution in [1.82, 2.24) is 4.98 Å². The van der Waals surface area contributed by atoms with Gasteiger partial charge < -0.3 is 18.9 Å². The Morgan fingerprint density at radius 3 is 2.49 bits per heavy atom. The monoisotopic (exact) mass is 505 g/mol. The second-order valence-corrected chi connectivity index (χ2v) is 10.1. The van der Waals surface area contributed by atoms with Crippen molar-refractivity contribution < 1.29 is 28.5 Å². The van der Waals surface area contributed by atoms with Gasteiger partial charge in [0.05, 0.1) is 31.0 Å². The van der Waals surface area contributed by atoms with Crippen LogP contribution >= 0.6 is 0 Å². The van der Waals surface area contributed by atoms with Crippen molar-refractivity contribution in [2.45, 2.75) is 46.1 Å². The largest absolute Gasteiger partial charge is 0.493 e. The van der Waals surface area contributed by atoms with Crippen LogP contribution in [0.5, 0.6) is 11.5 Å². The van der Waals surface area contributed by atoms with Crippen LogP contribution in [0.25, 0.3) is 22.2 Å². The lowest BCUT2D eigenvalue weighted by Gasteiger charge is -2.36. The minimum atomic E-state index is -0.602. The first kappa shape index (κ1) is 26.5. The van der Waals surface area contributed by atoms with Crippen LogP contribution in [0.4, 0.5) is 0 Å². The van der Waals surface area contributed by atoms with E-state index in [0.29, 0.717) is 51.4 Å². The van der Waals surface area contributed by atoms with Crippen LogP contribution < -0.4 is 9.47 Å². The van der Waals surface area contributed by atoms with Gasteiger partial charge in [0.25, 0.3) is 0 Å². The Kier molecular flexibility index (Phi) is 8.31. The highest BCUT2D eigenvalue weighted by Gasteiger charge is 2.33. The zero-order valence-corrected chi connectivity index (χ0v) is 22.2. The lowest BCUT2D eigenvalue weighted by molar-refractivity contribution is -0.159. The van der Waals surface area contributed by atoms with Crippen molar-refractivity contribution in [2.24, 2.45) is 17.8 Å². The molecule has 4 rings (SSSR count). The summed E-state index contributed by atoms with van der Waals surface area (Å²) in [5, 5.41) is 0.645. The molecule has 0 saturated heterocycles. The number of carbonyl (C=O) groups is 2. The summed E-state index contributed by atoms with van der Waals surface area (Å²) >= 11 is 0. The fourth-order valence-corrected chi connectivity index (χ4v) is 5.14. The van der Waals surface area contributed by atoms with Crippen LogP contribution in [0.15, 0.2) is 48.5 Å². The van der Waals surface area contributed by atoms with Crippen molar-refractivity contribution in [3.8, 4) is 22.8 Å². The fraction of sp³-hybridized carbons (Fsp3) is 0.433. The molecule has 1 aliphatic carbocycles. The van der Waals surface area contributed by atoms with Crippen molar-refractivity contribution >= 4 is 22.8 Å². The third-order valence-corrected chi connectivity index (χ3v) is 7.18. The summed E-state index contributed by atoms with van der Waals surface area (Å²) in [6.45, 7) is 6.07. The smallest absolute Gasteiger partial charge is 0.344 e. The molecule has 196 valence electrons. The molecule has 2 aromatic carbocycles. The number of aromatic nitrogens is 1. The third-order valence-electron chi connectivity index (χ3n) is 7.18. The first-order valence-corrected chi connectivity index (χ1v) is 12.8. The Morgan fingerprint density at radius 1 is 1.00 bits per heavy atom. The number of fused-ring (bicyclic) bond motifs is 1. The molecule has 1 fully saturated rings. The van der Waals surface area contributed by atoms with Gasteiger partial charge in [-0.15, -0.1) is 0 Å². The number of esters is 2. The Bertz CT molecular complexity index is 1270. The van der Waals surface area contributed by atoms with Crippen molar-refractivity contribution in [1.29, 1.82) is 0 Å². The molecule has 0 bridgehead atoms. The van der Waals surface area contributed by atoms with E-state index in [0.717, 1.165) is 24.8 Å². The average Bonchev–Trinajstić information content (AvgIpc) is 2.90. The fourth-order valence-electron chi connectivity index (χ4n) is 5.14. The highest BCUT2D eigenvalue weighted by molar-refractivity contribution is 6.05. The Morgan fingerprint density at radius 2 is 1.76 bits per heavy atom. The first-order chi connectivity index (χ1) is 17.8. The molecule has 0 spiro atoms. The molecule has 7 nitrogen and oxygen atoms in total. The number of rotatable bonds is 8. The number of carbonyl (C=O) groups excluding carboxylic acids is 2. The van der Waals surface area contributed by atoms with E-state index in [1.165, 1.54) is 0 Å². The van der Waals surface area contributed by atoms with Gasteiger partial charge in [-0.25, -0.2) is 14.6 Å². The summed E-state index contributed by atoms with van der Waals surface area (Å²) in [5.74, 6) is 1.28. The van der Waals surface area contributed by atoms with Gasteiger partial charge in [0.2, 0.25) is 0 Å². The molecule has 37 heavy (non-hydrogen) atoms. The average molecular weight is 506 g/mol. The second kappa shape index (κ2) is 11.6. The van der Waals surface area contributed by atoms with E-state index >= 15 is 0 Å². The maximum atomic E-state index is 13.2. The molecular weight excluding hydrogens is 470 g/mol. The van der Waals surface area contributed by atoms with Crippen molar-refractivity contribution in [2.75, 3.05) is 20.8 Å². The van der Waals surface area contributed by atoms with Crippen LogP contribution in [-0.4, -0.2) is 43.9 Å². The highest BCUT2D eigenvalue weighted by Crippen LogP contribution is 2.36. The van der Waals surface area contributed by atoms with Crippen LogP contribution in [0.1, 0.15) is 50.4 Å². The zero-order valence-electron chi connectivity index (χ0n) is 22.2. The molecule has 0 amide bonds. The summed E-state index contributed by atoms with van der Waals surface area (Å²) in [5.41, 5.74) is 2.29. The van der Waals surface area contributed by atoms with Gasteiger partial charge in [0.1, 0.15) is 6.10 Å². The van der Waals surface area contributed by atoms with Gasteiger partial charge >= 0.3 is 11.9 Å². The molecule has 3 atom stereocenters. The number of ether oxygens (including phenoxy) is 4. The predicted molar refractivity (Wildman–Crippen MR) is 142 cm³/mol. The summed E-state index contributed by atoms with van der Waals surface area (Å²) in [6, 6.07) is 14.5. The van der Waals surface area contributed by atoms with E-state index in [2.05, 4.69) is 20.8 Å². The molecule has 1 heterocycles. The lowest BCUT2D eigenvalue weighted by Crippen LogP contribution is -2.36. The van der Waals surface area contributed by atoms with E-state index in [4.69, 9.17) is 23.9 Å². The summed E-state index contributed by atoms with van der Waals surface area (Å²) < 4.78 is 22.0. The Labute approximate surface area is 218 Å². The van der Waals surface area contributed by atoms with Crippen LogP contribution in [0.3, 0.4) is 0 Å². The van der Waals surface area contributed by atoms with Gasteiger partial charge in [-0.1, -0.05) is 45.4 Å². The number of nitrogens with zero attached hydrogens (tertiary/aromatic N) is 1. The molecule has 0 radical (unpaired) electrons. The Balaban J connectivity index is 1.54. The molecule has 0 aliphatic heterocycles. The van der Waals surface area contributed by atoms with Crippen molar-refractivity contribution in [3.63, 3.8) is 0 Å². The number of hydrogen-bond donors (Lipinski definition) is 0. The molecule has 7 heteroatoms. The van der Waals surface area contributed by atoms with Crippen LogP contribution in [0.2, 0.25) is 0 Å². The normalized spacial score (nSPS) is 19.5. The molecular formula is C30H35NO6. The summed E-state index contributed by atoms with van der Waals surface area (Å²) in [6.07, 6.45) is 2.88. The van der Waals surface area contributed by atoms with E-state index in [1.54, 1.807) is 32.4 Å². The third kappa shape index (κ3) is 6.04. The first-order valence-electron chi connectivity index (χ1n) is 12.8. The van der Waals surface area contributed by atoms with E-state index in [1.807, 2.05) is 30.3 Å². The number of pyridine rings is 1. The number of para-hydroxylation sites is 1. The molecule has 1 aliphatic rings. The number of methoxy groups -OCH3 is 2. The molecule has 1 saturated carbocycles. The van der Waals surface area contributed by atoms with E-state index < -0.39 is 18.5 Å². The van der Waals surface area contributed by atoms with Crippen LogP contribution in [-0.2, 0) is 14.3 Å². The summed E-state index contributed by atoms with van der Waals surface area (Å²) in [7, 11) is 3.14. The van der Waals surface area contributed by atoms with Gasteiger partial charge in [0.15, 0.2) is 18.1 Å². The van der Waals surface area contributed by atoms with Crippen LogP contribution in [0, 0.1) is 17.8 Å². The summed E-state index contributed by atoms with van der Waals surface area (Å²) in [4.78, 5) is 30.6. The minimum Gasteiger partial charge on any atom is -0.493 e. The zero-order chi connectivity index (χ0) is 26.5. The SMILES string of the molecule is COc1ccc(-c2cc(C(=O)OCC(=O)O[C@@H]3C[C@@H](C)CC[C@@H]3C(C)C)c3ccccc3n2)cc1OC. The van der Waals surface area contributed by atoms with Crippen molar-refractivity contribution in [3.05, 3.63) is 54.1 Å². The maximum Gasteiger partial charge on any atom is 0.344 e. The highest BCUT2D eigenvalue weighted by atomic mass is 16.6. The number of benzene rings is 2. The Hall–Kier alpha value is -3.61. The topological polar surface area (TPSA) is 84.0 Å². The van der Waals surface area contributed by atoms with Gasteiger partial charge in [0, 0.05) is 10.9 Å². The molecule has 0 unspecified atom stereocenters. The maximum absolute atomic E-state index is 13.2. The predicted octanol–water partition coefficient (Wildman–Crippen LogP) is 6.08. The lowest BCUT2D eigenvalue weighted by atomic mass is 9.75. The van der Waals surface area contributed by atoms with E-state index in [9.17, 15) is 9.59 Å². The molecule has 1 aromatic heterocycles. The van der Waals surface area contributed by atoms with Gasteiger partial charge in [-0.05, 0) is 60.9 Å². The van der Waals surface area contributed by atoms with Gasteiger partial charge in [-0.3, -0.25) is 0 Å². The minimum absolute atomic E-state index is 0.145. The van der Waals surface area contributed by atoms with Gasteiger partial charge in [-0.2, -0.15) is 0 Å². The number of hydrogen-bond acceptors (Lipinski definition) is 7. The quantitative estimate of drug-likeness (QED) is 0.343. The molecule has 0 N–H and O–H groups in total. The second-order valence-electron chi connectivity index (χ2n) is 10.1. The molecule has 3 aromatic rings.